The Morgan fingerprint density at radius 3 is 2.33 bits per heavy atom. The first kappa shape index (κ1) is 15.2. The van der Waals surface area contributed by atoms with Gasteiger partial charge in [-0.25, -0.2) is 13.1 Å². The van der Waals surface area contributed by atoms with Gasteiger partial charge in [-0.1, -0.05) is 15.9 Å². The summed E-state index contributed by atoms with van der Waals surface area (Å²) in [5, 5.41) is 0.422. The van der Waals surface area contributed by atoms with Crippen LogP contribution in [0.5, 0.6) is 0 Å². The van der Waals surface area contributed by atoms with Crippen LogP contribution < -0.4 is 4.72 Å². The maximum Gasteiger partial charge on any atom is 0.389 e. The summed E-state index contributed by atoms with van der Waals surface area (Å²) >= 11 is 3.06. The minimum absolute atomic E-state index is 0.319. The molecule has 0 heterocycles. The van der Waals surface area contributed by atoms with Crippen molar-refractivity contribution < 1.29 is 21.6 Å². The number of hydrogen-bond donors (Lipinski definition) is 1. The van der Waals surface area contributed by atoms with Gasteiger partial charge in [0.15, 0.2) is 0 Å². The monoisotopic (exact) mass is 311 g/mol. The average molecular weight is 312 g/mol. The molecule has 0 aliphatic carbocycles. The van der Waals surface area contributed by atoms with Crippen LogP contribution in [0.1, 0.15) is 19.8 Å². The standard InChI is InChI=1S/C7H13BrF3NO2S/c1-6(5-8)12-15(13,14)4-2-3-7(9,10)11/h6,12H,2-5H2,1H3. The van der Waals surface area contributed by atoms with E-state index in [0.717, 1.165) is 0 Å². The quantitative estimate of drug-likeness (QED) is 0.763. The zero-order valence-corrected chi connectivity index (χ0v) is 10.5. The lowest BCUT2D eigenvalue weighted by Gasteiger charge is -2.11. The predicted octanol–water partition coefficient (Wildman–Crippen LogP) is 2.03. The molecule has 1 unspecified atom stereocenters. The number of rotatable bonds is 6. The van der Waals surface area contributed by atoms with E-state index in [1.807, 2.05) is 0 Å². The van der Waals surface area contributed by atoms with Gasteiger partial charge < -0.3 is 0 Å². The number of halogens is 4. The molecule has 0 fully saturated rings. The van der Waals surface area contributed by atoms with Crippen molar-refractivity contribution in [3.63, 3.8) is 0 Å². The van der Waals surface area contributed by atoms with E-state index in [9.17, 15) is 21.6 Å². The molecule has 1 N–H and O–H groups in total. The van der Waals surface area contributed by atoms with Crippen LogP contribution in [0.2, 0.25) is 0 Å². The Morgan fingerprint density at radius 2 is 1.93 bits per heavy atom. The highest BCUT2D eigenvalue weighted by molar-refractivity contribution is 9.09. The molecule has 0 aliphatic rings. The van der Waals surface area contributed by atoms with Crippen molar-refractivity contribution in [3.8, 4) is 0 Å². The first-order valence-electron chi connectivity index (χ1n) is 4.29. The third-order valence-electron chi connectivity index (χ3n) is 1.49. The molecular formula is C7H13BrF3NO2S. The van der Waals surface area contributed by atoms with Gasteiger partial charge in [0.1, 0.15) is 0 Å². The van der Waals surface area contributed by atoms with Gasteiger partial charge in [0.2, 0.25) is 10.0 Å². The third kappa shape index (κ3) is 9.13. The van der Waals surface area contributed by atoms with E-state index in [1.165, 1.54) is 0 Å². The van der Waals surface area contributed by atoms with Gasteiger partial charge in [-0.15, -0.1) is 0 Å². The van der Waals surface area contributed by atoms with Crippen LogP contribution in [0.15, 0.2) is 0 Å². The highest BCUT2D eigenvalue weighted by Gasteiger charge is 2.27. The van der Waals surface area contributed by atoms with E-state index in [0.29, 0.717) is 5.33 Å². The van der Waals surface area contributed by atoms with Gasteiger partial charge in [0, 0.05) is 17.8 Å². The Kier molecular flexibility index (Phi) is 6.12. The lowest BCUT2D eigenvalue weighted by atomic mass is 10.3. The van der Waals surface area contributed by atoms with Crippen LogP contribution >= 0.6 is 15.9 Å². The number of sulfonamides is 1. The number of alkyl halides is 4. The highest BCUT2D eigenvalue weighted by atomic mass is 79.9. The SMILES string of the molecule is CC(CBr)NS(=O)(=O)CCCC(F)(F)F. The Balaban J connectivity index is 3.96. The fourth-order valence-electron chi connectivity index (χ4n) is 0.860. The molecule has 0 aliphatic heterocycles. The first-order chi connectivity index (χ1) is 6.66. The fourth-order valence-corrected chi connectivity index (χ4v) is 2.57. The maximum atomic E-state index is 11.7. The van der Waals surface area contributed by atoms with E-state index in [2.05, 4.69) is 20.7 Å². The van der Waals surface area contributed by atoms with Crippen LogP contribution in [0.4, 0.5) is 13.2 Å². The molecule has 15 heavy (non-hydrogen) atoms. The van der Waals surface area contributed by atoms with Gasteiger partial charge >= 0.3 is 6.18 Å². The molecule has 0 rings (SSSR count). The summed E-state index contributed by atoms with van der Waals surface area (Å²) in [6, 6.07) is -0.319. The Labute approximate surface area is 95.6 Å². The second-order valence-corrected chi connectivity index (χ2v) is 5.73. The average Bonchev–Trinajstić information content (AvgIpc) is 2.00. The molecule has 0 amide bonds. The molecule has 0 bridgehead atoms. The maximum absolute atomic E-state index is 11.7. The molecule has 8 heteroatoms. The summed E-state index contributed by atoms with van der Waals surface area (Å²) in [4.78, 5) is 0. The zero-order chi connectivity index (χ0) is 12.1. The van der Waals surface area contributed by atoms with E-state index in [4.69, 9.17) is 0 Å². The van der Waals surface area contributed by atoms with Gasteiger partial charge in [-0.3, -0.25) is 0 Å². The molecular weight excluding hydrogens is 299 g/mol. The van der Waals surface area contributed by atoms with Crippen LogP contribution in [-0.4, -0.2) is 31.7 Å². The smallest absolute Gasteiger partial charge is 0.212 e. The number of hydrogen-bond acceptors (Lipinski definition) is 2. The Hall–Kier alpha value is 0.180. The Bertz CT molecular complexity index is 278. The first-order valence-corrected chi connectivity index (χ1v) is 7.06. The summed E-state index contributed by atoms with van der Waals surface area (Å²) in [5.41, 5.74) is 0. The minimum Gasteiger partial charge on any atom is -0.212 e. The molecule has 3 nitrogen and oxygen atoms in total. The van der Waals surface area contributed by atoms with Crippen molar-refractivity contribution in [2.45, 2.75) is 32.0 Å². The molecule has 92 valence electrons. The summed E-state index contributed by atoms with van der Waals surface area (Å²) in [5.74, 6) is -0.496. The van der Waals surface area contributed by atoms with Crippen molar-refractivity contribution in [2.24, 2.45) is 0 Å². The summed E-state index contributed by atoms with van der Waals surface area (Å²) in [7, 11) is -3.60. The molecule has 0 saturated carbocycles. The predicted molar refractivity (Wildman–Crippen MR) is 55.5 cm³/mol. The normalized spacial score (nSPS) is 15.3. The minimum atomic E-state index is -4.30. The van der Waals surface area contributed by atoms with Gasteiger partial charge in [0.25, 0.3) is 0 Å². The van der Waals surface area contributed by atoms with Gasteiger partial charge in [0.05, 0.1) is 5.75 Å². The van der Waals surface area contributed by atoms with Crippen molar-refractivity contribution in [1.82, 2.24) is 4.72 Å². The van der Waals surface area contributed by atoms with Crippen LogP contribution in [0, 0.1) is 0 Å². The van der Waals surface area contributed by atoms with E-state index in [-0.39, 0.29) is 6.04 Å². The fraction of sp³-hybridized carbons (Fsp3) is 1.00. The van der Waals surface area contributed by atoms with E-state index >= 15 is 0 Å². The van der Waals surface area contributed by atoms with Crippen LogP contribution in [-0.2, 0) is 10.0 Å². The largest absolute Gasteiger partial charge is 0.389 e. The topological polar surface area (TPSA) is 46.2 Å². The zero-order valence-electron chi connectivity index (χ0n) is 8.14. The lowest BCUT2D eigenvalue weighted by Crippen LogP contribution is -2.35. The summed E-state index contributed by atoms with van der Waals surface area (Å²) in [6.07, 6.45) is -5.78. The van der Waals surface area contributed by atoms with Crippen LogP contribution in [0.3, 0.4) is 0 Å². The molecule has 0 spiro atoms. The Morgan fingerprint density at radius 1 is 1.40 bits per heavy atom. The van der Waals surface area contributed by atoms with Gasteiger partial charge in [-0.05, 0) is 13.3 Å². The molecule has 0 radical (unpaired) electrons. The molecule has 0 aromatic rings. The second kappa shape index (κ2) is 6.05. The van der Waals surface area contributed by atoms with Crippen LogP contribution in [0.25, 0.3) is 0 Å². The van der Waals surface area contributed by atoms with E-state index in [1.54, 1.807) is 6.92 Å². The van der Waals surface area contributed by atoms with Crippen molar-refractivity contribution in [1.29, 1.82) is 0 Å². The molecule has 1 atom stereocenters. The summed E-state index contributed by atoms with van der Waals surface area (Å²) in [6.45, 7) is 1.62. The molecule has 0 saturated heterocycles. The summed E-state index contributed by atoms with van der Waals surface area (Å²) < 4.78 is 59.8. The van der Waals surface area contributed by atoms with Crippen molar-refractivity contribution in [2.75, 3.05) is 11.1 Å². The van der Waals surface area contributed by atoms with Crippen molar-refractivity contribution >= 4 is 26.0 Å². The second-order valence-electron chi connectivity index (χ2n) is 3.21. The van der Waals surface area contributed by atoms with Gasteiger partial charge in [-0.2, -0.15) is 13.2 Å². The molecule has 0 aromatic carbocycles. The highest BCUT2D eigenvalue weighted by Crippen LogP contribution is 2.21. The van der Waals surface area contributed by atoms with E-state index < -0.39 is 34.8 Å². The molecule has 0 aromatic heterocycles. The lowest BCUT2D eigenvalue weighted by molar-refractivity contribution is -0.134. The third-order valence-corrected chi connectivity index (χ3v) is 4.04. The number of nitrogens with one attached hydrogen (secondary N) is 1. The van der Waals surface area contributed by atoms with Crippen molar-refractivity contribution in [3.05, 3.63) is 0 Å².